The van der Waals surface area contributed by atoms with Crippen molar-refractivity contribution in [3.63, 3.8) is 0 Å². The molecule has 3 N–H and O–H groups in total. The van der Waals surface area contributed by atoms with Crippen LogP contribution in [0, 0.1) is 0 Å². The molecule has 1 aromatic heterocycles. The van der Waals surface area contributed by atoms with Crippen LogP contribution in [0.15, 0.2) is 18.3 Å². The van der Waals surface area contributed by atoms with Crippen LogP contribution in [-0.4, -0.2) is 22.4 Å². The van der Waals surface area contributed by atoms with Crippen LogP contribution in [0.1, 0.15) is 16.1 Å². The number of nitrogens with zero attached hydrogens (tertiary/aromatic N) is 1. The van der Waals surface area contributed by atoms with Gasteiger partial charge in [-0.1, -0.05) is 12.2 Å². The van der Waals surface area contributed by atoms with E-state index in [0.717, 1.165) is 12.1 Å². The Morgan fingerprint density at radius 1 is 1.47 bits per heavy atom. The number of nitrogens with two attached hydrogens (primary N) is 1. The lowest BCUT2D eigenvalue weighted by Gasteiger charge is -2.07. The molecule has 0 aromatic carbocycles. The zero-order valence-corrected chi connectivity index (χ0v) is 9.23. The van der Waals surface area contributed by atoms with Crippen LogP contribution in [-0.2, 0) is 6.18 Å². The van der Waals surface area contributed by atoms with Crippen LogP contribution in [0.2, 0.25) is 0 Å². The molecule has 8 heteroatoms. The minimum absolute atomic E-state index is 0.0309. The van der Waals surface area contributed by atoms with Gasteiger partial charge in [0.05, 0.1) is 17.1 Å². The highest BCUT2D eigenvalue weighted by atomic mass is 32.1. The molecule has 0 saturated heterocycles. The predicted octanol–water partition coefficient (Wildman–Crippen LogP) is 1.12. The number of halogens is 3. The molecule has 92 valence electrons. The van der Waals surface area contributed by atoms with Gasteiger partial charge in [-0.3, -0.25) is 9.78 Å². The van der Waals surface area contributed by atoms with E-state index in [4.69, 9.17) is 5.73 Å². The van der Waals surface area contributed by atoms with Gasteiger partial charge in [-0.05, 0) is 12.1 Å². The number of amides is 1. The lowest BCUT2D eigenvalue weighted by molar-refractivity contribution is -0.137. The SMILES string of the molecule is NC(=S)CNC(=O)c1ccc(C(F)(F)F)cn1. The molecule has 0 bridgehead atoms. The van der Waals surface area contributed by atoms with Gasteiger partial charge in [-0.2, -0.15) is 13.2 Å². The summed E-state index contributed by atoms with van der Waals surface area (Å²) >= 11 is 4.53. The smallest absolute Gasteiger partial charge is 0.392 e. The van der Waals surface area contributed by atoms with E-state index < -0.39 is 17.6 Å². The van der Waals surface area contributed by atoms with E-state index >= 15 is 0 Å². The molecule has 0 saturated carbocycles. The van der Waals surface area contributed by atoms with Crippen molar-refractivity contribution in [1.82, 2.24) is 10.3 Å². The monoisotopic (exact) mass is 263 g/mol. The third kappa shape index (κ3) is 3.99. The van der Waals surface area contributed by atoms with E-state index in [9.17, 15) is 18.0 Å². The molecule has 0 aliphatic rings. The summed E-state index contributed by atoms with van der Waals surface area (Å²) in [6, 6.07) is 1.76. The van der Waals surface area contributed by atoms with Gasteiger partial charge in [-0.25, -0.2) is 0 Å². The van der Waals surface area contributed by atoms with E-state index in [-0.39, 0.29) is 17.2 Å². The van der Waals surface area contributed by atoms with Crippen molar-refractivity contribution in [2.24, 2.45) is 5.73 Å². The highest BCUT2D eigenvalue weighted by molar-refractivity contribution is 7.80. The lowest BCUT2D eigenvalue weighted by atomic mass is 10.2. The van der Waals surface area contributed by atoms with Crippen LogP contribution >= 0.6 is 12.2 Å². The maximum Gasteiger partial charge on any atom is 0.417 e. The largest absolute Gasteiger partial charge is 0.417 e. The summed E-state index contributed by atoms with van der Waals surface area (Å²) in [7, 11) is 0. The molecule has 1 amide bonds. The standard InChI is InChI=1S/C9H8F3N3OS/c10-9(11,12)5-1-2-6(14-3-5)8(16)15-4-7(13)17/h1-3H,4H2,(H2,13,17)(H,15,16). The summed E-state index contributed by atoms with van der Waals surface area (Å²) in [4.78, 5) is 14.8. The van der Waals surface area contributed by atoms with Crippen molar-refractivity contribution in [2.75, 3.05) is 6.54 Å². The fourth-order valence-electron chi connectivity index (χ4n) is 0.954. The van der Waals surface area contributed by atoms with E-state index in [1.807, 2.05) is 0 Å². The molecule has 1 aromatic rings. The molecule has 0 radical (unpaired) electrons. The normalized spacial score (nSPS) is 11.0. The van der Waals surface area contributed by atoms with Crippen molar-refractivity contribution >= 4 is 23.1 Å². The lowest BCUT2D eigenvalue weighted by Crippen LogP contribution is -2.32. The summed E-state index contributed by atoms with van der Waals surface area (Å²) in [6.07, 6.45) is -3.88. The van der Waals surface area contributed by atoms with Crippen molar-refractivity contribution in [1.29, 1.82) is 0 Å². The van der Waals surface area contributed by atoms with Crippen molar-refractivity contribution in [2.45, 2.75) is 6.18 Å². The Labute approximate surface area is 100 Å². The second-order valence-electron chi connectivity index (χ2n) is 3.08. The number of carbonyl (C=O) groups excluding carboxylic acids is 1. The molecule has 0 fully saturated rings. The minimum atomic E-state index is -4.47. The molecule has 1 heterocycles. The summed E-state index contributed by atoms with van der Waals surface area (Å²) < 4.78 is 36.6. The van der Waals surface area contributed by atoms with Gasteiger partial charge in [0.2, 0.25) is 0 Å². The number of carbonyl (C=O) groups is 1. The van der Waals surface area contributed by atoms with Gasteiger partial charge < -0.3 is 11.1 Å². The molecule has 0 unspecified atom stereocenters. The van der Waals surface area contributed by atoms with Gasteiger partial charge >= 0.3 is 6.18 Å². The Kier molecular flexibility index (Phi) is 4.00. The Balaban J connectivity index is 2.74. The minimum Gasteiger partial charge on any atom is -0.392 e. The summed E-state index contributed by atoms with van der Waals surface area (Å²) in [5.41, 5.74) is 4.10. The fourth-order valence-corrected chi connectivity index (χ4v) is 1.03. The number of alkyl halides is 3. The summed E-state index contributed by atoms with van der Waals surface area (Å²) in [6.45, 7) is -0.0309. The van der Waals surface area contributed by atoms with Gasteiger partial charge in [-0.15, -0.1) is 0 Å². The molecule has 0 atom stereocenters. The topological polar surface area (TPSA) is 68.0 Å². The zero-order valence-electron chi connectivity index (χ0n) is 8.41. The number of rotatable bonds is 3. The highest BCUT2D eigenvalue weighted by Gasteiger charge is 2.30. The molecule has 0 spiro atoms. The number of hydrogen-bond acceptors (Lipinski definition) is 3. The Morgan fingerprint density at radius 3 is 2.53 bits per heavy atom. The quantitative estimate of drug-likeness (QED) is 0.802. The van der Waals surface area contributed by atoms with E-state index in [2.05, 4.69) is 22.5 Å². The Bertz CT molecular complexity index is 430. The van der Waals surface area contributed by atoms with Crippen molar-refractivity contribution in [3.8, 4) is 0 Å². The molecule has 1 rings (SSSR count). The van der Waals surface area contributed by atoms with Crippen LogP contribution < -0.4 is 11.1 Å². The maximum absolute atomic E-state index is 12.2. The average molecular weight is 263 g/mol. The first-order valence-corrected chi connectivity index (χ1v) is 4.81. The molecule has 0 aliphatic carbocycles. The molecule has 17 heavy (non-hydrogen) atoms. The third-order valence-electron chi connectivity index (χ3n) is 1.75. The molecular weight excluding hydrogens is 255 g/mol. The van der Waals surface area contributed by atoms with E-state index in [1.165, 1.54) is 0 Å². The molecule has 0 aliphatic heterocycles. The summed E-state index contributed by atoms with van der Waals surface area (Å²) in [5.74, 6) is -0.633. The first kappa shape index (κ1) is 13.4. The van der Waals surface area contributed by atoms with E-state index in [1.54, 1.807) is 0 Å². The second-order valence-corrected chi connectivity index (χ2v) is 3.60. The maximum atomic E-state index is 12.2. The van der Waals surface area contributed by atoms with Crippen LogP contribution in [0.3, 0.4) is 0 Å². The van der Waals surface area contributed by atoms with Gasteiger partial charge in [0.25, 0.3) is 5.91 Å². The van der Waals surface area contributed by atoms with E-state index in [0.29, 0.717) is 6.20 Å². The number of hydrogen-bond donors (Lipinski definition) is 2. The number of nitrogens with one attached hydrogen (secondary N) is 1. The highest BCUT2D eigenvalue weighted by Crippen LogP contribution is 2.28. The Hall–Kier alpha value is -1.70. The van der Waals surface area contributed by atoms with Gasteiger partial charge in [0.15, 0.2) is 0 Å². The first-order valence-electron chi connectivity index (χ1n) is 4.40. The second kappa shape index (κ2) is 5.09. The van der Waals surface area contributed by atoms with Crippen molar-refractivity contribution < 1.29 is 18.0 Å². The van der Waals surface area contributed by atoms with Crippen LogP contribution in [0.25, 0.3) is 0 Å². The Morgan fingerprint density at radius 2 is 2.12 bits per heavy atom. The molecular formula is C9H8F3N3OS. The zero-order chi connectivity index (χ0) is 13.1. The first-order chi connectivity index (χ1) is 7.80. The number of thiocarbonyl (C=S) groups is 1. The summed E-state index contributed by atoms with van der Waals surface area (Å²) in [5, 5.41) is 2.31. The van der Waals surface area contributed by atoms with Crippen LogP contribution in [0.4, 0.5) is 13.2 Å². The fraction of sp³-hybridized carbons (Fsp3) is 0.222. The average Bonchev–Trinajstić information content (AvgIpc) is 2.25. The van der Waals surface area contributed by atoms with Crippen LogP contribution in [0.5, 0.6) is 0 Å². The van der Waals surface area contributed by atoms with Crippen molar-refractivity contribution in [3.05, 3.63) is 29.6 Å². The number of pyridine rings is 1. The van der Waals surface area contributed by atoms with Gasteiger partial charge in [0.1, 0.15) is 5.69 Å². The predicted molar refractivity (Wildman–Crippen MR) is 58.4 cm³/mol. The van der Waals surface area contributed by atoms with Gasteiger partial charge in [0, 0.05) is 6.20 Å². The third-order valence-corrected chi connectivity index (χ3v) is 1.89. The molecule has 4 nitrogen and oxygen atoms in total. The number of aromatic nitrogens is 1.